The molecule has 18 heavy (non-hydrogen) atoms. The second-order valence-electron chi connectivity index (χ2n) is 4.06. The Hall–Kier alpha value is -2.03. The number of nitrogens with zero attached hydrogens (tertiary/aromatic N) is 1. The van der Waals surface area contributed by atoms with E-state index in [0.717, 1.165) is 17.9 Å². The maximum atomic E-state index is 5.84. The molecular weight excluding hydrogens is 224 g/mol. The second kappa shape index (κ2) is 6.05. The van der Waals surface area contributed by atoms with Gasteiger partial charge in [-0.1, -0.05) is 36.4 Å². The van der Waals surface area contributed by atoms with E-state index in [1.165, 1.54) is 0 Å². The van der Waals surface area contributed by atoms with Crippen LogP contribution in [-0.2, 0) is 0 Å². The Labute approximate surface area is 108 Å². The zero-order valence-electron chi connectivity index (χ0n) is 10.8. The lowest BCUT2D eigenvalue weighted by Gasteiger charge is -2.14. The highest BCUT2D eigenvalue weighted by Gasteiger charge is 2.07. The second-order valence-corrected chi connectivity index (χ2v) is 4.06. The van der Waals surface area contributed by atoms with Crippen molar-refractivity contribution in [2.75, 3.05) is 11.9 Å². The Morgan fingerprint density at radius 3 is 2.61 bits per heavy atom. The van der Waals surface area contributed by atoms with Crippen LogP contribution in [0.3, 0.4) is 0 Å². The summed E-state index contributed by atoms with van der Waals surface area (Å²) in [6.07, 6.45) is -0.00410. The number of aromatic nitrogens is 1. The van der Waals surface area contributed by atoms with Gasteiger partial charge in [0.05, 0.1) is 0 Å². The summed E-state index contributed by atoms with van der Waals surface area (Å²) in [7, 11) is 0. The molecular formula is C15H18N2O. The Morgan fingerprint density at radius 2 is 1.89 bits per heavy atom. The molecule has 0 saturated heterocycles. The molecule has 1 aromatic carbocycles. The van der Waals surface area contributed by atoms with Crippen LogP contribution in [0, 0.1) is 0 Å². The van der Waals surface area contributed by atoms with Crippen LogP contribution in [0.5, 0.6) is 5.88 Å². The van der Waals surface area contributed by atoms with Gasteiger partial charge in [-0.3, -0.25) is 0 Å². The van der Waals surface area contributed by atoms with Gasteiger partial charge in [0.15, 0.2) is 0 Å². The van der Waals surface area contributed by atoms with Gasteiger partial charge in [-0.25, -0.2) is 0 Å². The molecule has 3 heteroatoms. The summed E-state index contributed by atoms with van der Waals surface area (Å²) in [6.45, 7) is 4.92. The van der Waals surface area contributed by atoms with Gasteiger partial charge in [-0.2, -0.15) is 4.98 Å². The minimum atomic E-state index is -0.00410. The predicted octanol–water partition coefficient (Wildman–Crippen LogP) is 3.65. The molecule has 1 aromatic heterocycles. The van der Waals surface area contributed by atoms with Crippen LogP contribution in [0.4, 0.5) is 5.82 Å². The molecule has 0 saturated carbocycles. The van der Waals surface area contributed by atoms with Gasteiger partial charge in [0, 0.05) is 12.6 Å². The van der Waals surface area contributed by atoms with Gasteiger partial charge < -0.3 is 10.1 Å². The van der Waals surface area contributed by atoms with Gasteiger partial charge in [0.2, 0.25) is 5.88 Å². The van der Waals surface area contributed by atoms with Gasteiger partial charge in [-0.15, -0.1) is 0 Å². The van der Waals surface area contributed by atoms with Crippen LogP contribution in [0.15, 0.2) is 48.5 Å². The molecule has 0 aliphatic heterocycles. The Balaban J connectivity index is 2.07. The highest BCUT2D eigenvalue weighted by atomic mass is 16.5. The first-order valence-corrected chi connectivity index (χ1v) is 6.22. The third-order valence-electron chi connectivity index (χ3n) is 2.65. The SMILES string of the molecule is CCNc1cccc(OC(C)c2ccccc2)n1. The third-order valence-corrected chi connectivity index (χ3v) is 2.65. The van der Waals surface area contributed by atoms with E-state index in [0.29, 0.717) is 5.88 Å². The van der Waals surface area contributed by atoms with Crippen molar-refractivity contribution in [2.45, 2.75) is 20.0 Å². The van der Waals surface area contributed by atoms with Crippen molar-refractivity contribution in [2.24, 2.45) is 0 Å². The molecule has 1 unspecified atom stereocenters. The lowest BCUT2D eigenvalue weighted by atomic mass is 10.1. The molecule has 3 nitrogen and oxygen atoms in total. The largest absolute Gasteiger partial charge is 0.470 e. The topological polar surface area (TPSA) is 34.1 Å². The molecule has 0 aliphatic rings. The lowest BCUT2D eigenvalue weighted by Crippen LogP contribution is -2.05. The summed E-state index contributed by atoms with van der Waals surface area (Å²) >= 11 is 0. The standard InChI is InChI=1S/C15H18N2O/c1-3-16-14-10-7-11-15(17-14)18-12(2)13-8-5-4-6-9-13/h4-12H,3H2,1-2H3,(H,16,17). The fraction of sp³-hybridized carbons (Fsp3) is 0.267. The number of ether oxygens (including phenoxy) is 1. The van der Waals surface area contributed by atoms with Crippen molar-refractivity contribution in [1.82, 2.24) is 4.98 Å². The van der Waals surface area contributed by atoms with Crippen LogP contribution in [-0.4, -0.2) is 11.5 Å². The molecule has 1 N–H and O–H groups in total. The quantitative estimate of drug-likeness (QED) is 0.869. The molecule has 94 valence electrons. The molecule has 0 spiro atoms. The normalized spacial score (nSPS) is 11.9. The number of anilines is 1. The Bertz CT molecular complexity index is 485. The highest BCUT2D eigenvalue weighted by molar-refractivity contribution is 5.37. The molecule has 2 aromatic rings. The number of nitrogens with one attached hydrogen (secondary N) is 1. The van der Waals surface area contributed by atoms with Gasteiger partial charge >= 0.3 is 0 Å². The molecule has 0 aliphatic carbocycles. The van der Waals surface area contributed by atoms with E-state index in [4.69, 9.17) is 4.74 Å². The van der Waals surface area contributed by atoms with Crippen molar-refractivity contribution < 1.29 is 4.74 Å². The average Bonchev–Trinajstić information content (AvgIpc) is 2.40. The first-order chi connectivity index (χ1) is 8.79. The first kappa shape index (κ1) is 12.4. The van der Waals surface area contributed by atoms with Gasteiger partial charge in [0.1, 0.15) is 11.9 Å². The summed E-state index contributed by atoms with van der Waals surface area (Å²) in [5, 5.41) is 3.17. The highest BCUT2D eigenvalue weighted by Crippen LogP contribution is 2.20. The van der Waals surface area contributed by atoms with E-state index in [2.05, 4.69) is 22.4 Å². The van der Waals surface area contributed by atoms with E-state index in [1.54, 1.807) is 0 Å². The van der Waals surface area contributed by atoms with Crippen molar-refractivity contribution >= 4 is 5.82 Å². The van der Waals surface area contributed by atoms with Crippen molar-refractivity contribution in [3.8, 4) is 5.88 Å². The molecule has 0 bridgehead atoms. The monoisotopic (exact) mass is 242 g/mol. The lowest BCUT2D eigenvalue weighted by molar-refractivity contribution is 0.218. The van der Waals surface area contributed by atoms with Gasteiger partial charge in [-0.05, 0) is 25.5 Å². The van der Waals surface area contributed by atoms with Crippen molar-refractivity contribution in [3.63, 3.8) is 0 Å². The van der Waals surface area contributed by atoms with Crippen molar-refractivity contribution in [3.05, 3.63) is 54.1 Å². The van der Waals surface area contributed by atoms with Crippen LogP contribution < -0.4 is 10.1 Å². The van der Waals surface area contributed by atoms with Crippen LogP contribution in [0.25, 0.3) is 0 Å². The third kappa shape index (κ3) is 3.23. The molecule has 1 heterocycles. The van der Waals surface area contributed by atoms with Gasteiger partial charge in [0.25, 0.3) is 0 Å². The summed E-state index contributed by atoms with van der Waals surface area (Å²) in [4.78, 5) is 4.39. The van der Waals surface area contributed by atoms with Crippen LogP contribution in [0.2, 0.25) is 0 Å². The van der Waals surface area contributed by atoms with E-state index in [9.17, 15) is 0 Å². The Kier molecular flexibility index (Phi) is 4.18. The maximum Gasteiger partial charge on any atom is 0.215 e. The fourth-order valence-corrected chi connectivity index (χ4v) is 1.73. The van der Waals surface area contributed by atoms with E-state index >= 15 is 0 Å². The molecule has 2 rings (SSSR count). The minimum absolute atomic E-state index is 0.00410. The minimum Gasteiger partial charge on any atom is -0.470 e. The average molecular weight is 242 g/mol. The molecule has 0 amide bonds. The first-order valence-electron chi connectivity index (χ1n) is 6.22. The molecule has 0 fully saturated rings. The number of hydrogen-bond donors (Lipinski definition) is 1. The molecule has 0 radical (unpaired) electrons. The van der Waals surface area contributed by atoms with Crippen LogP contribution in [0.1, 0.15) is 25.5 Å². The number of pyridine rings is 1. The summed E-state index contributed by atoms with van der Waals surface area (Å²) < 4.78 is 5.84. The predicted molar refractivity (Wildman–Crippen MR) is 73.9 cm³/mol. The number of rotatable bonds is 5. The summed E-state index contributed by atoms with van der Waals surface area (Å²) in [5.74, 6) is 1.49. The molecule has 1 atom stereocenters. The van der Waals surface area contributed by atoms with E-state index in [-0.39, 0.29) is 6.10 Å². The van der Waals surface area contributed by atoms with E-state index < -0.39 is 0 Å². The summed E-state index contributed by atoms with van der Waals surface area (Å²) in [5.41, 5.74) is 1.15. The zero-order valence-corrected chi connectivity index (χ0v) is 10.8. The van der Waals surface area contributed by atoms with Crippen LogP contribution >= 0.6 is 0 Å². The van der Waals surface area contributed by atoms with Crippen molar-refractivity contribution in [1.29, 1.82) is 0 Å². The number of hydrogen-bond acceptors (Lipinski definition) is 3. The number of benzene rings is 1. The smallest absolute Gasteiger partial charge is 0.215 e. The zero-order chi connectivity index (χ0) is 12.8. The Morgan fingerprint density at radius 1 is 1.11 bits per heavy atom. The van der Waals surface area contributed by atoms with E-state index in [1.807, 2.05) is 50.2 Å². The fourth-order valence-electron chi connectivity index (χ4n) is 1.73. The summed E-state index contributed by atoms with van der Waals surface area (Å²) in [6, 6.07) is 15.9. The maximum absolute atomic E-state index is 5.84.